The van der Waals surface area contributed by atoms with Crippen LogP contribution in [0.1, 0.15) is 26.3 Å². The van der Waals surface area contributed by atoms with Crippen molar-refractivity contribution >= 4 is 41.2 Å². The zero-order valence-corrected chi connectivity index (χ0v) is 16.5. The van der Waals surface area contributed by atoms with Crippen LogP contribution in [0.2, 0.25) is 0 Å². The minimum absolute atomic E-state index is 0. The summed E-state index contributed by atoms with van der Waals surface area (Å²) in [6, 6.07) is 15.1. The van der Waals surface area contributed by atoms with Crippen molar-refractivity contribution in [3.05, 3.63) is 54.1 Å². The number of anilines is 2. The average Bonchev–Trinajstić information content (AvgIpc) is 3.02. The van der Waals surface area contributed by atoms with Gasteiger partial charge < -0.3 is 15.5 Å². The first kappa shape index (κ1) is 20.7. The maximum absolute atomic E-state index is 12.7. The molecule has 2 amide bonds. The summed E-state index contributed by atoms with van der Waals surface area (Å²) in [5.74, 6) is 0. The Morgan fingerprint density at radius 3 is 2.41 bits per heavy atom. The predicted molar refractivity (Wildman–Crippen MR) is 112 cm³/mol. The summed E-state index contributed by atoms with van der Waals surface area (Å²) in [4.78, 5) is 18.5. The number of hydrogen-bond acceptors (Lipinski definition) is 4. The van der Waals surface area contributed by atoms with E-state index in [9.17, 15) is 4.79 Å². The number of amides is 2. The number of nitrogens with one attached hydrogen (secondary N) is 1. The highest BCUT2D eigenvalue weighted by molar-refractivity contribution is 6.01. The van der Waals surface area contributed by atoms with Crippen molar-refractivity contribution in [2.75, 3.05) is 23.3 Å². The van der Waals surface area contributed by atoms with Gasteiger partial charge in [0.1, 0.15) is 5.52 Å². The van der Waals surface area contributed by atoms with Gasteiger partial charge in [0, 0.05) is 18.8 Å². The minimum Gasteiger partial charge on any atom is -0.423 e. The largest absolute Gasteiger partial charge is 0.423 e. The van der Waals surface area contributed by atoms with E-state index in [0.29, 0.717) is 29.9 Å². The van der Waals surface area contributed by atoms with Gasteiger partial charge in [0.25, 0.3) is 0 Å². The Kier molecular flexibility index (Phi) is 6.46. The van der Waals surface area contributed by atoms with Gasteiger partial charge in [-0.15, -0.1) is 12.4 Å². The Bertz CT molecular complexity index is 867. The van der Waals surface area contributed by atoms with Crippen LogP contribution < -0.4 is 16.0 Å². The highest BCUT2D eigenvalue weighted by Gasteiger charge is 2.21. The van der Waals surface area contributed by atoms with Crippen LogP contribution in [0.25, 0.3) is 11.1 Å². The Labute approximate surface area is 165 Å². The van der Waals surface area contributed by atoms with Crippen LogP contribution in [-0.2, 0) is 5.41 Å². The predicted octanol–water partition coefficient (Wildman–Crippen LogP) is 4.54. The van der Waals surface area contributed by atoms with Crippen LogP contribution in [0.3, 0.4) is 0 Å². The van der Waals surface area contributed by atoms with Crippen LogP contribution in [0.4, 0.5) is 16.5 Å². The van der Waals surface area contributed by atoms with Crippen molar-refractivity contribution in [2.45, 2.75) is 26.2 Å². The molecule has 2 aromatic carbocycles. The second kappa shape index (κ2) is 8.41. The molecule has 27 heavy (non-hydrogen) atoms. The van der Waals surface area contributed by atoms with Crippen molar-refractivity contribution in [1.29, 1.82) is 0 Å². The van der Waals surface area contributed by atoms with Crippen molar-refractivity contribution in [1.82, 2.24) is 4.98 Å². The fourth-order valence-corrected chi connectivity index (χ4v) is 2.63. The van der Waals surface area contributed by atoms with Gasteiger partial charge in [-0.05, 0) is 35.2 Å². The summed E-state index contributed by atoms with van der Waals surface area (Å²) in [6.45, 7) is 7.05. The number of halogens is 1. The molecule has 6 nitrogen and oxygen atoms in total. The summed E-state index contributed by atoms with van der Waals surface area (Å²) in [5.41, 5.74) is 8.97. The van der Waals surface area contributed by atoms with E-state index in [2.05, 4.69) is 31.1 Å². The molecule has 144 valence electrons. The van der Waals surface area contributed by atoms with Crippen LogP contribution in [0.5, 0.6) is 0 Å². The molecule has 0 unspecified atom stereocenters. The summed E-state index contributed by atoms with van der Waals surface area (Å²) >= 11 is 0. The van der Waals surface area contributed by atoms with Crippen molar-refractivity contribution in [2.24, 2.45) is 5.73 Å². The molecule has 0 aliphatic carbocycles. The van der Waals surface area contributed by atoms with Crippen LogP contribution in [0, 0.1) is 0 Å². The summed E-state index contributed by atoms with van der Waals surface area (Å²) in [5, 5.41) is 2.88. The number of carbonyl (C=O) groups is 1. The van der Waals surface area contributed by atoms with Gasteiger partial charge in [0.2, 0.25) is 0 Å². The lowest BCUT2D eigenvalue weighted by atomic mass is 9.87. The van der Waals surface area contributed by atoms with E-state index < -0.39 is 0 Å². The molecule has 1 aromatic heterocycles. The molecule has 0 aliphatic rings. The third-order valence-electron chi connectivity index (χ3n) is 4.11. The Morgan fingerprint density at radius 2 is 1.81 bits per heavy atom. The first-order chi connectivity index (χ1) is 12.4. The van der Waals surface area contributed by atoms with Crippen molar-refractivity contribution < 1.29 is 9.21 Å². The maximum atomic E-state index is 12.7. The monoisotopic (exact) mass is 388 g/mol. The summed E-state index contributed by atoms with van der Waals surface area (Å²) in [7, 11) is 0. The molecule has 0 saturated carbocycles. The van der Waals surface area contributed by atoms with E-state index in [1.54, 1.807) is 0 Å². The van der Waals surface area contributed by atoms with E-state index in [1.165, 1.54) is 10.5 Å². The highest BCUT2D eigenvalue weighted by Crippen LogP contribution is 2.25. The Morgan fingerprint density at radius 1 is 1.15 bits per heavy atom. The van der Waals surface area contributed by atoms with Gasteiger partial charge >= 0.3 is 12.0 Å². The number of urea groups is 1. The Hall–Kier alpha value is -2.57. The number of hydrogen-bond donors (Lipinski definition) is 2. The number of rotatable bonds is 4. The number of nitrogens with two attached hydrogens (primary N) is 1. The third-order valence-corrected chi connectivity index (χ3v) is 4.11. The molecular formula is C20H25ClN4O2. The summed E-state index contributed by atoms with van der Waals surface area (Å²) < 4.78 is 5.70. The maximum Gasteiger partial charge on any atom is 0.329 e. The normalized spacial score (nSPS) is 11.1. The van der Waals surface area contributed by atoms with E-state index >= 15 is 0 Å². The second-order valence-electron chi connectivity index (χ2n) is 7.16. The number of benzene rings is 2. The topological polar surface area (TPSA) is 84.4 Å². The number of para-hydroxylation sites is 2. The number of nitrogens with zero attached hydrogens (tertiary/aromatic N) is 2. The molecular weight excluding hydrogens is 364 g/mol. The fourth-order valence-electron chi connectivity index (χ4n) is 2.63. The molecule has 0 radical (unpaired) electrons. The number of oxazole rings is 1. The second-order valence-corrected chi connectivity index (χ2v) is 7.16. The highest BCUT2D eigenvalue weighted by atomic mass is 35.5. The van der Waals surface area contributed by atoms with E-state index in [-0.39, 0.29) is 29.9 Å². The SMILES string of the molecule is CC(C)(C)c1ccc(NC(=O)N(CCN)c2nc3ccccc3o2)cc1.Cl. The molecule has 0 fully saturated rings. The first-order valence-corrected chi connectivity index (χ1v) is 8.63. The zero-order valence-electron chi connectivity index (χ0n) is 15.7. The average molecular weight is 389 g/mol. The van der Waals surface area contributed by atoms with E-state index in [1.807, 2.05) is 48.5 Å². The van der Waals surface area contributed by atoms with E-state index in [4.69, 9.17) is 10.2 Å². The molecule has 0 atom stereocenters. The molecule has 0 aliphatic heterocycles. The van der Waals surface area contributed by atoms with E-state index in [0.717, 1.165) is 0 Å². The van der Waals surface area contributed by atoms with Gasteiger partial charge in [-0.25, -0.2) is 9.69 Å². The van der Waals surface area contributed by atoms with Crippen LogP contribution in [-0.4, -0.2) is 24.1 Å². The molecule has 7 heteroatoms. The molecule has 0 spiro atoms. The van der Waals surface area contributed by atoms with Gasteiger partial charge in [-0.3, -0.25) is 0 Å². The summed E-state index contributed by atoms with van der Waals surface area (Å²) in [6.07, 6.45) is 0. The third kappa shape index (κ3) is 4.78. The van der Waals surface area contributed by atoms with Crippen LogP contribution >= 0.6 is 12.4 Å². The lowest BCUT2D eigenvalue weighted by molar-refractivity contribution is 0.256. The number of fused-ring (bicyclic) bond motifs is 1. The van der Waals surface area contributed by atoms with Gasteiger partial charge in [0.15, 0.2) is 5.58 Å². The quantitative estimate of drug-likeness (QED) is 0.686. The molecule has 0 saturated heterocycles. The fraction of sp³-hybridized carbons (Fsp3) is 0.300. The molecule has 1 heterocycles. The van der Waals surface area contributed by atoms with Crippen LogP contribution in [0.15, 0.2) is 52.9 Å². The van der Waals surface area contributed by atoms with Gasteiger partial charge in [0.05, 0.1) is 0 Å². The molecule has 3 N–H and O–H groups in total. The molecule has 3 aromatic rings. The Balaban J connectivity index is 0.00000261. The number of carbonyl (C=O) groups excluding carboxylic acids is 1. The first-order valence-electron chi connectivity index (χ1n) is 8.63. The smallest absolute Gasteiger partial charge is 0.329 e. The standard InChI is InChI=1S/C20H24N4O2.ClH/c1-20(2,3)14-8-10-15(11-9-14)22-18(25)24(13-12-21)19-23-16-6-4-5-7-17(16)26-19;/h4-11H,12-13,21H2,1-3H3,(H,22,25);1H. The lowest BCUT2D eigenvalue weighted by Gasteiger charge is -2.20. The minimum atomic E-state index is -0.328. The molecule has 0 bridgehead atoms. The van der Waals surface area contributed by atoms with Crippen molar-refractivity contribution in [3.63, 3.8) is 0 Å². The molecule has 3 rings (SSSR count). The van der Waals surface area contributed by atoms with Crippen molar-refractivity contribution in [3.8, 4) is 0 Å². The lowest BCUT2D eigenvalue weighted by Crippen LogP contribution is -2.38. The van der Waals surface area contributed by atoms with Gasteiger partial charge in [-0.1, -0.05) is 45.0 Å². The zero-order chi connectivity index (χ0) is 18.7. The van der Waals surface area contributed by atoms with Gasteiger partial charge in [-0.2, -0.15) is 4.98 Å². The number of aromatic nitrogens is 1.